The average molecular weight is 346 g/mol. The summed E-state index contributed by atoms with van der Waals surface area (Å²) in [5.41, 5.74) is 5.60. The fourth-order valence-corrected chi connectivity index (χ4v) is 2.09. The van der Waals surface area contributed by atoms with Gasteiger partial charge in [-0.2, -0.15) is 0 Å². The number of esters is 2. The number of carbonyl (C=O) groups is 2. The Morgan fingerprint density at radius 2 is 1.42 bits per heavy atom. The number of carbonyl (C=O) groups excluding carboxylic acids is 2. The lowest BCUT2D eigenvalue weighted by Crippen LogP contribution is -2.38. The van der Waals surface area contributed by atoms with Gasteiger partial charge in [-0.25, -0.2) is 0 Å². The predicted octanol–water partition coefficient (Wildman–Crippen LogP) is -0.667. The lowest BCUT2D eigenvalue weighted by Gasteiger charge is -2.21. The SMILES string of the molecule is CCOC(=O)CCNCCNCCN(CCN)CCC(=O)OCC. The van der Waals surface area contributed by atoms with Crippen LogP contribution in [0.15, 0.2) is 0 Å². The van der Waals surface area contributed by atoms with E-state index in [1.807, 2.05) is 0 Å². The van der Waals surface area contributed by atoms with Crippen LogP contribution in [0.2, 0.25) is 0 Å². The van der Waals surface area contributed by atoms with Crippen molar-refractivity contribution in [1.82, 2.24) is 15.5 Å². The maximum Gasteiger partial charge on any atom is 0.307 e. The molecule has 0 heterocycles. The Hall–Kier alpha value is -1.22. The smallest absolute Gasteiger partial charge is 0.307 e. The van der Waals surface area contributed by atoms with Crippen LogP contribution in [0, 0.1) is 0 Å². The maximum atomic E-state index is 11.4. The Kier molecular flexibility index (Phi) is 15.8. The molecule has 8 nitrogen and oxygen atoms in total. The molecule has 0 atom stereocenters. The molecule has 0 saturated carbocycles. The second-order valence-corrected chi connectivity index (χ2v) is 5.24. The summed E-state index contributed by atoms with van der Waals surface area (Å²) in [5, 5.41) is 6.51. The number of rotatable bonds is 16. The van der Waals surface area contributed by atoms with E-state index >= 15 is 0 Å². The van der Waals surface area contributed by atoms with Crippen molar-refractivity contribution in [2.45, 2.75) is 26.7 Å². The first-order valence-corrected chi connectivity index (χ1v) is 8.79. The summed E-state index contributed by atoms with van der Waals surface area (Å²) in [6.45, 7) is 10.3. The van der Waals surface area contributed by atoms with Crippen molar-refractivity contribution in [2.75, 3.05) is 65.6 Å². The van der Waals surface area contributed by atoms with Crippen molar-refractivity contribution < 1.29 is 19.1 Å². The molecule has 0 bridgehead atoms. The van der Waals surface area contributed by atoms with Crippen LogP contribution in [0.5, 0.6) is 0 Å². The molecule has 24 heavy (non-hydrogen) atoms. The van der Waals surface area contributed by atoms with Crippen LogP contribution < -0.4 is 16.4 Å². The van der Waals surface area contributed by atoms with E-state index in [-0.39, 0.29) is 11.9 Å². The van der Waals surface area contributed by atoms with Crippen molar-refractivity contribution in [3.05, 3.63) is 0 Å². The zero-order chi connectivity index (χ0) is 18.0. The zero-order valence-electron chi connectivity index (χ0n) is 15.1. The molecule has 8 heteroatoms. The summed E-state index contributed by atoms with van der Waals surface area (Å²) in [5.74, 6) is -0.338. The van der Waals surface area contributed by atoms with Crippen molar-refractivity contribution in [3.8, 4) is 0 Å². The molecule has 0 aromatic carbocycles. The van der Waals surface area contributed by atoms with E-state index in [0.717, 1.165) is 32.7 Å². The van der Waals surface area contributed by atoms with Crippen LogP contribution in [-0.4, -0.2) is 82.4 Å². The van der Waals surface area contributed by atoms with Crippen LogP contribution in [0.25, 0.3) is 0 Å². The highest BCUT2D eigenvalue weighted by atomic mass is 16.5. The first-order valence-electron chi connectivity index (χ1n) is 8.79. The van der Waals surface area contributed by atoms with Crippen LogP contribution >= 0.6 is 0 Å². The van der Waals surface area contributed by atoms with Crippen LogP contribution in [0.3, 0.4) is 0 Å². The lowest BCUT2D eigenvalue weighted by molar-refractivity contribution is -0.144. The van der Waals surface area contributed by atoms with Gasteiger partial charge in [-0.1, -0.05) is 0 Å². The highest BCUT2D eigenvalue weighted by Gasteiger charge is 2.08. The number of hydrogen-bond donors (Lipinski definition) is 3. The van der Waals surface area contributed by atoms with E-state index < -0.39 is 0 Å². The van der Waals surface area contributed by atoms with E-state index in [1.54, 1.807) is 13.8 Å². The highest BCUT2D eigenvalue weighted by molar-refractivity contribution is 5.69. The summed E-state index contributed by atoms with van der Waals surface area (Å²) >= 11 is 0. The molecule has 0 rings (SSSR count). The molecule has 142 valence electrons. The molecule has 0 radical (unpaired) electrons. The van der Waals surface area contributed by atoms with Gasteiger partial charge in [0.15, 0.2) is 0 Å². The van der Waals surface area contributed by atoms with Gasteiger partial charge in [-0.3, -0.25) is 9.59 Å². The fraction of sp³-hybridized carbons (Fsp3) is 0.875. The summed E-state index contributed by atoms with van der Waals surface area (Å²) in [4.78, 5) is 24.7. The van der Waals surface area contributed by atoms with Crippen LogP contribution in [0.4, 0.5) is 0 Å². The van der Waals surface area contributed by atoms with Gasteiger partial charge in [0, 0.05) is 52.4 Å². The van der Waals surface area contributed by atoms with Crippen molar-refractivity contribution in [3.63, 3.8) is 0 Å². The second-order valence-electron chi connectivity index (χ2n) is 5.24. The third-order valence-corrected chi connectivity index (χ3v) is 3.28. The van der Waals surface area contributed by atoms with Crippen molar-refractivity contribution >= 4 is 11.9 Å². The molecule has 0 saturated heterocycles. The molecule has 0 aromatic heterocycles. The molecule has 0 aliphatic carbocycles. The Morgan fingerprint density at radius 1 is 0.833 bits per heavy atom. The van der Waals surface area contributed by atoms with E-state index in [9.17, 15) is 9.59 Å². The topological polar surface area (TPSA) is 106 Å². The number of nitrogens with zero attached hydrogens (tertiary/aromatic N) is 1. The first-order chi connectivity index (χ1) is 11.6. The Balaban J connectivity index is 3.59. The molecular weight excluding hydrogens is 312 g/mol. The normalized spacial score (nSPS) is 10.8. The van der Waals surface area contributed by atoms with Gasteiger partial charge in [0.2, 0.25) is 0 Å². The summed E-state index contributed by atoms with van der Waals surface area (Å²) in [6.07, 6.45) is 0.787. The van der Waals surface area contributed by atoms with E-state index in [4.69, 9.17) is 15.2 Å². The third-order valence-electron chi connectivity index (χ3n) is 3.28. The number of nitrogens with one attached hydrogen (secondary N) is 2. The van der Waals surface area contributed by atoms with Gasteiger partial charge in [0.25, 0.3) is 0 Å². The molecule has 0 unspecified atom stereocenters. The minimum absolute atomic E-state index is 0.168. The molecule has 0 aromatic rings. The van der Waals surface area contributed by atoms with Gasteiger partial charge >= 0.3 is 11.9 Å². The Labute approximate surface area is 145 Å². The monoisotopic (exact) mass is 346 g/mol. The second kappa shape index (κ2) is 16.6. The number of nitrogens with two attached hydrogens (primary N) is 1. The number of ether oxygens (including phenoxy) is 2. The van der Waals surface area contributed by atoms with E-state index in [2.05, 4.69) is 15.5 Å². The van der Waals surface area contributed by atoms with Crippen molar-refractivity contribution in [1.29, 1.82) is 0 Å². The van der Waals surface area contributed by atoms with E-state index in [1.165, 1.54) is 0 Å². The van der Waals surface area contributed by atoms with Crippen LogP contribution in [0.1, 0.15) is 26.7 Å². The largest absolute Gasteiger partial charge is 0.466 e. The lowest BCUT2D eigenvalue weighted by atomic mass is 10.3. The Morgan fingerprint density at radius 3 is 2.00 bits per heavy atom. The molecule has 0 aliphatic heterocycles. The summed E-state index contributed by atoms with van der Waals surface area (Å²) in [7, 11) is 0. The zero-order valence-corrected chi connectivity index (χ0v) is 15.1. The van der Waals surface area contributed by atoms with Gasteiger partial charge in [0.1, 0.15) is 0 Å². The first kappa shape index (κ1) is 22.8. The van der Waals surface area contributed by atoms with Gasteiger partial charge in [-0.15, -0.1) is 0 Å². The fourth-order valence-electron chi connectivity index (χ4n) is 2.09. The van der Waals surface area contributed by atoms with Gasteiger partial charge in [-0.05, 0) is 13.8 Å². The maximum absolute atomic E-state index is 11.4. The highest BCUT2D eigenvalue weighted by Crippen LogP contribution is 1.93. The molecular formula is C16H34N4O4. The van der Waals surface area contributed by atoms with Gasteiger partial charge in [0.05, 0.1) is 26.1 Å². The summed E-state index contributed by atoms with van der Waals surface area (Å²) < 4.78 is 9.78. The molecule has 0 amide bonds. The molecule has 0 spiro atoms. The van der Waals surface area contributed by atoms with Gasteiger partial charge < -0.3 is 30.7 Å². The standard InChI is InChI=1S/C16H34N4O4/c1-3-23-15(21)5-8-18-9-10-19-11-14-20(13-7-17)12-6-16(22)24-4-2/h18-19H,3-14,17H2,1-2H3. The minimum Gasteiger partial charge on any atom is -0.466 e. The number of hydrogen-bond acceptors (Lipinski definition) is 8. The summed E-state index contributed by atoms with van der Waals surface area (Å²) in [6, 6.07) is 0. The predicted molar refractivity (Wildman–Crippen MR) is 93.7 cm³/mol. The van der Waals surface area contributed by atoms with E-state index in [0.29, 0.717) is 45.7 Å². The van der Waals surface area contributed by atoms with Crippen LogP contribution in [-0.2, 0) is 19.1 Å². The average Bonchev–Trinajstić information content (AvgIpc) is 2.55. The van der Waals surface area contributed by atoms with Crippen molar-refractivity contribution in [2.24, 2.45) is 5.73 Å². The molecule has 0 fully saturated rings. The quantitative estimate of drug-likeness (QED) is 0.250. The minimum atomic E-state index is -0.169. The molecule has 4 N–H and O–H groups in total. The third kappa shape index (κ3) is 14.4. The Bertz CT molecular complexity index is 329. The molecule has 0 aliphatic rings.